The monoisotopic (exact) mass is 308 g/mol. The van der Waals surface area contributed by atoms with Gasteiger partial charge < -0.3 is 5.32 Å². The van der Waals surface area contributed by atoms with Crippen molar-refractivity contribution in [2.75, 3.05) is 5.32 Å². The molecule has 0 radical (unpaired) electrons. The van der Waals surface area contributed by atoms with Crippen molar-refractivity contribution in [3.63, 3.8) is 0 Å². The largest absolute Gasteiger partial charge is 0.416 e. The Hall–Kier alpha value is -2.08. The minimum absolute atomic E-state index is 0.389. The standard InChI is InChI=1S/C15H11F3N2S/c16-15(17,18)10-6-7-13-12(8-10)20-14(21-13)9-19-11-4-2-1-3-5-11/h1-8,19H,9H2. The lowest BCUT2D eigenvalue weighted by atomic mass is 10.2. The van der Waals surface area contributed by atoms with E-state index in [9.17, 15) is 13.2 Å². The maximum absolute atomic E-state index is 12.7. The van der Waals surface area contributed by atoms with Crippen LogP contribution in [0, 0.1) is 0 Å². The zero-order valence-corrected chi connectivity index (χ0v) is 11.6. The third kappa shape index (κ3) is 3.16. The van der Waals surface area contributed by atoms with E-state index >= 15 is 0 Å². The number of fused-ring (bicyclic) bond motifs is 1. The summed E-state index contributed by atoms with van der Waals surface area (Å²) in [5.41, 5.74) is 0.676. The van der Waals surface area contributed by atoms with Crippen LogP contribution >= 0.6 is 11.3 Å². The molecule has 1 heterocycles. The van der Waals surface area contributed by atoms with Crippen molar-refractivity contribution in [1.29, 1.82) is 0 Å². The minimum Gasteiger partial charge on any atom is -0.379 e. The van der Waals surface area contributed by atoms with Gasteiger partial charge in [-0.3, -0.25) is 0 Å². The molecule has 108 valence electrons. The van der Waals surface area contributed by atoms with Gasteiger partial charge in [-0.2, -0.15) is 13.2 Å². The number of anilines is 1. The van der Waals surface area contributed by atoms with E-state index in [1.807, 2.05) is 30.3 Å². The Morgan fingerprint density at radius 1 is 1.05 bits per heavy atom. The van der Waals surface area contributed by atoms with Crippen LogP contribution in [-0.4, -0.2) is 4.98 Å². The summed E-state index contributed by atoms with van der Waals surface area (Å²) >= 11 is 1.39. The fourth-order valence-corrected chi connectivity index (χ4v) is 2.85. The normalized spacial score (nSPS) is 11.8. The molecule has 0 fully saturated rings. The number of para-hydroxylation sites is 1. The van der Waals surface area contributed by atoms with Crippen molar-refractivity contribution in [2.24, 2.45) is 0 Å². The lowest BCUT2D eigenvalue weighted by Crippen LogP contribution is -2.04. The molecule has 2 aromatic carbocycles. The second-order valence-electron chi connectivity index (χ2n) is 4.51. The van der Waals surface area contributed by atoms with Crippen LogP contribution in [0.5, 0.6) is 0 Å². The third-order valence-corrected chi connectivity index (χ3v) is 4.01. The molecule has 6 heteroatoms. The van der Waals surface area contributed by atoms with Gasteiger partial charge in [-0.05, 0) is 30.3 Å². The molecule has 1 aromatic heterocycles. The maximum atomic E-state index is 12.7. The van der Waals surface area contributed by atoms with Gasteiger partial charge >= 0.3 is 6.18 Å². The number of alkyl halides is 3. The van der Waals surface area contributed by atoms with Crippen molar-refractivity contribution >= 4 is 27.2 Å². The number of halogens is 3. The fourth-order valence-electron chi connectivity index (χ4n) is 1.96. The van der Waals surface area contributed by atoms with Crippen molar-refractivity contribution in [3.8, 4) is 0 Å². The van der Waals surface area contributed by atoms with Crippen LogP contribution in [0.25, 0.3) is 10.2 Å². The molecule has 21 heavy (non-hydrogen) atoms. The molecule has 0 aliphatic rings. The maximum Gasteiger partial charge on any atom is 0.416 e. The Bertz CT molecular complexity index is 750. The quantitative estimate of drug-likeness (QED) is 0.742. The van der Waals surface area contributed by atoms with Crippen LogP contribution in [-0.2, 0) is 12.7 Å². The first-order valence-corrected chi connectivity index (χ1v) is 7.09. The van der Waals surface area contributed by atoms with E-state index in [4.69, 9.17) is 0 Å². The summed E-state index contributed by atoms with van der Waals surface area (Å²) in [7, 11) is 0. The second-order valence-corrected chi connectivity index (χ2v) is 5.62. The van der Waals surface area contributed by atoms with Gasteiger partial charge in [-0.15, -0.1) is 11.3 Å². The molecule has 0 aliphatic heterocycles. The molecule has 0 aliphatic carbocycles. The predicted molar refractivity (Wildman–Crippen MR) is 78.4 cm³/mol. The summed E-state index contributed by atoms with van der Waals surface area (Å²) in [5.74, 6) is 0. The summed E-state index contributed by atoms with van der Waals surface area (Å²) < 4.78 is 38.7. The molecular formula is C15H11F3N2S. The number of aromatic nitrogens is 1. The first kappa shape index (κ1) is 13.9. The van der Waals surface area contributed by atoms with Crippen LogP contribution in [0.1, 0.15) is 10.6 Å². The SMILES string of the molecule is FC(F)(F)c1ccc2sc(CNc3ccccc3)nc2c1. The highest BCUT2D eigenvalue weighted by Gasteiger charge is 2.30. The highest BCUT2D eigenvalue weighted by atomic mass is 32.1. The number of nitrogens with zero attached hydrogens (tertiary/aromatic N) is 1. The first-order chi connectivity index (χ1) is 10.0. The molecule has 3 aromatic rings. The van der Waals surface area contributed by atoms with Gasteiger partial charge in [0.1, 0.15) is 5.01 Å². The van der Waals surface area contributed by atoms with Crippen molar-refractivity contribution in [1.82, 2.24) is 4.98 Å². The molecule has 0 amide bonds. The van der Waals surface area contributed by atoms with Crippen LogP contribution in [0.4, 0.5) is 18.9 Å². The summed E-state index contributed by atoms with van der Waals surface area (Å²) in [6.07, 6.45) is -4.33. The van der Waals surface area contributed by atoms with Crippen molar-refractivity contribution in [2.45, 2.75) is 12.7 Å². The number of benzene rings is 2. The molecule has 0 spiro atoms. The van der Waals surface area contributed by atoms with Gasteiger partial charge in [0.05, 0.1) is 22.3 Å². The van der Waals surface area contributed by atoms with E-state index in [2.05, 4.69) is 10.3 Å². The Morgan fingerprint density at radius 2 is 1.81 bits per heavy atom. The molecule has 1 N–H and O–H groups in total. The number of hydrogen-bond acceptors (Lipinski definition) is 3. The van der Waals surface area contributed by atoms with Crippen molar-refractivity contribution in [3.05, 3.63) is 59.1 Å². The number of thiazole rings is 1. The van der Waals surface area contributed by atoms with E-state index in [0.717, 1.165) is 27.5 Å². The molecule has 3 rings (SSSR count). The van der Waals surface area contributed by atoms with E-state index in [1.165, 1.54) is 17.4 Å². The number of nitrogens with one attached hydrogen (secondary N) is 1. The smallest absolute Gasteiger partial charge is 0.379 e. The molecule has 0 saturated heterocycles. The van der Waals surface area contributed by atoms with Gasteiger partial charge in [0, 0.05) is 5.69 Å². The Labute approximate surface area is 123 Å². The van der Waals surface area contributed by atoms with E-state index in [1.54, 1.807) is 0 Å². The van der Waals surface area contributed by atoms with Crippen LogP contribution < -0.4 is 5.32 Å². The van der Waals surface area contributed by atoms with Gasteiger partial charge in [-0.25, -0.2) is 4.98 Å². The highest BCUT2D eigenvalue weighted by Crippen LogP contribution is 2.32. The summed E-state index contributed by atoms with van der Waals surface area (Å²) in [5, 5.41) is 3.95. The molecule has 0 saturated carbocycles. The Kier molecular flexibility index (Phi) is 3.55. The minimum atomic E-state index is -4.33. The number of hydrogen-bond donors (Lipinski definition) is 1. The molecule has 0 atom stereocenters. The van der Waals surface area contributed by atoms with Gasteiger partial charge in [0.15, 0.2) is 0 Å². The fraction of sp³-hybridized carbons (Fsp3) is 0.133. The number of rotatable bonds is 3. The topological polar surface area (TPSA) is 24.9 Å². The van der Waals surface area contributed by atoms with Crippen LogP contribution in [0.15, 0.2) is 48.5 Å². The van der Waals surface area contributed by atoms with Gasteiger partial charge in [0.2, 0.25) is 0 Å². The second kappa shape index (κ2) is 5.37. The lowest BCUT2D eigenvalue weighted by molar-refractivity contribution is -0.137. The Balaban J connectivity index is 1.81. The van der Waals surface area contributed by atoms with Gasteiger partial charge in [-0.1, -0.05) is 18.2 Å². The summed E-state index contributed by atoms with van der Waals surface area (Å²) in [6, 6.07) is 13.3. The Morgan fingerprint density at radius 3 is 2.52 bits per heavy atom. The zero-order chi connectivity index (χ0) is 14.9. The van der Waals surface area contributed by atoms with E-state index < -0.39 is 11.7 Å². The predicted octanol–water partition coefficient (Wildman–Crippen LogP) is 4.93. The summed E-state index contributed by atoms with van der Waals surface area (Å²) in [6.45, 7) is 0.491. The average molecular weight is 308 g/mol. The molecule has 2 nitrogen and oxygen atoms in total. The van der Waals surface area contributed by atoms with E-state index in [-0.39, 0.29) is 0 Å². The first-order valence-electron chi connectivity index (χ1n) is 6.28. The average Bonchev–Trinajstić information content (AvgIpc) is 2.87. The van der Waals surface area contributed by atoms with Gasteiger partial charge in [0.25, 0.3) is 0 Å². The van der Waals surface area contributed by atoms with Crippen LogP contribution in [0.3, 0.4) is 0 Å². The van der Waals surface area contributed by atoms with Crippen molar-refractivity contribution < 1.29 is 13.2 Å². The highest BCUT2D eigenvalue weighted by molar-refractivity contribution is 7.18. The molecule has 0 unspecified atom stereocenters. The third-order valence-electron chi connectivity index (χ3n) is 2.98. The zero-order valence-electron chi connectivity index (χ0n) is 10.8. The lowest BCUT2D eigenvalue weighted by Gasteiger charge is -2.04. The summed E-state index contributed by atoms with van der Waals surface area (Å²) in [4.78, 5) is 4.26. The van der Waals surface area contributed by atoms with E-state index in [0.29, 0.717) is 12.1 Å². The van der Waals surface area contributed by atoms with Crippen LogP contribution in [0.2, 0.25) is 0 Å². The molecular weight excluding hydrogens is 297 g/mol. The molecule has 0 bridgehead atoms.